The Morgan fingerprint density at radius 3 is 1.76 bits per heavy atom. The van der Waals surface area contributed by atoms with E-state index in [9.17, 15) is 0 Å². The van der Waals surface area contributed by atoms with Gasteiger partial charge < -0.3 is 9.73 Å². The maximum absolute atomic E-state index is 5.72. The first-order chi connectivity index (χ1) is 7.84. The Labute approximate surface area is 126 Å². The van der Waals surface area contributed by atoms with E-state index in [1.807, 2.05) is 0 Å². The maximum atomic E-state index is 5.72. The monoisotopic (exact) mass is 412 g/mol. The number of nitrogens with zero attached hydrogens (tertiary/aromatic N) is 1. The average Bonchev–Trinajstić information content (AvgIpc) is 2.63. The third-order valence-corrected chi connectivity index (χ3v) is 3.31. The molecule has 105 valence electrons. The molecule has 1 rings (SSSR count). The number of aliphatic imine (C=N–C) groups is 1. The van der Waals surface area contributed by atoms with Crippen molar-refractivity contribution in [3.63, 3.8) is 0 Å². The molecule has 17 heavy (non-hydrogen) atoms. The standard InChI is InChI=1S/C12H22NO.2BrH.Ni/c1-8(2)11-12(9(3)4,10(5)6)14-7-13-11;;;/h8-11H,1-6H3;2*1H;/q-1;;;+3/p-2/t11-;;;/m1.../s1. The van der Waals surface area contributed by atoms with E-state index in [-0.39, 0.29) is 11.6 Å². The molecule has 1 aliphatic heterocycles. The van der Waals surface area contributed by atoms with Crippen LogP contribution in [0.2, 0.25) is 0 Å². The van der Waals surface area contributed by atoms with E-state index in [2.05, 4.69) is 81.4 Å². The van der Waals surface area contributed by atoms with Gasteiger partial charge in [0, 0.05) is 0 Å². The predicted molar refractivity (Wildman–Crippen MR) is 77.4 cm³/mol. The fourth-order valence-corrected chi connectivity index (χ4v) is 2.58. The molecule has 5 heteroatoms. The molecule has 1 aliphatic rings. The van der Waals surface area contributed by atoms with Crippen molar-refractivity contribution in [3.05, 3.63) is 0 Å². The number of rotatable bonds is 3. The van der Waals surface area contributed by atoms with E-state index in [0.29, 0.717) is 17.8 Å². The molecule has 1 atom stereocenters. The van der Waals surface area contributed by atoms with E-state index in [1.54, 1.807) is 0 Å². The van der Waals surface area contributed by atoms with Gasteiger partial charge in [0.05, 0.1) is 11.6 Å². The third-order valence-electron chi connectivity index (χ3n) is 3.31. The van der Waals surface area contributed by atoms with E-state index in [1.165, 1.54) is 10.9 Å². The number of hydrogen-bond donors (Lipinski definition) is 0. The summed E-state index contributed by atoms with van der Waals surface area (Å²) in [4.78, 5) is 4.36. The first-order valence-corrected chi connectivity index (χ1v) is 10.7. The summed E-state index contributed by atoms with van der Waals surface area (Å²) >= 11 is 6.00. The number of hydrogen-bond acceptors (Lipinski definition) is 2. The van der Waals surface area contributed by atoms with Crippen LogP contribution < -0.4 is 0 Å². The Balaban J connectivity index is 0.000000770. The molecule has 0 N–H and O–H groups in total. The Bertz CT molecular complexity index is 237. The molecular formula is C12H22Br2NNiO. The van der Waals surface area contributed by atoms with E-state index in [0.717, 1.165) is 0 Å². The molecular weight excluding hydrogens is 393 g/mol. The first kappa shape index (κ1) is 17.9. The zero-order chi connectivity index (χ0) is 13.6. The van der Waals surface area contributed by atoms with Crippen molar-refractivity contribution >= 4 is 34.9 Å². The zero-order valence-corrected chi connectivity index (χ0v) is 15.4. The van der Waals surface area contributed by atoms with E-state index < -0.39 is 0 Å². The van der Waals surface area contributed by atoms with Crippen molar-refractivity contribution in [3.8, 4) is 0 Å². The molecule has 1 heterocycles. The van der Waals surface area contributed by atoms with Gasteiger partial charge in [0.2, 0.25) is 0 Å². The summed E-state index contributed by atoms with van der Waals surface area (Å²) in [5, 5.41) is 0. The summed E-state index contributed by atoms with van der Waals surface area (Å²) in [6, 6.07) is 0.252. The van der Waals surface area contributed by atoms with Gasteiger partial charge in [-0.3, -0.25) is 0 Å². The van der Waals surface area contributed by atoms with Crippen molar-refractivity contribution in [2.24, 2.45) is 22.7 Å². The summed E-state index contributed by atoms with van der Waals surface area (Å²) in [7, 11) is 1.25. The van der Waals surface area contributed by atoms with Gasteiger partial charge in [-0.15, -0.1) is 0 Å². The van der Waals surface area contributed by atoms with Crippen molar-refractivity contribution in [1.82, 2.24) is 0 Å². The number of halogens is 2. The van der Waals surface area contributed by atoms with E-state index in [4.69, 9.17) is 4.74 Å². The van der Waals surface area contributed by atoms with Crippen LogP contribution in [0.4, 0.5) is 0 Å². The Hall–Kier alpha value is 0.924. The molecule has 0 saturated carbocycles. The van der Waals surface area contributed by atoms with Crippen molar-refractivity contribution in [1.29, 1.82) is 0 Å². The minimum absolute atomic E-state index is 0.145. The van der Waals surface area contributed by atoms with Crippen LogP contribution in [-0.2, 0) is 15.6 Å². The molecule has 0 fully saturated rings. The zero-order valence-electron chi connectivity index (χ0n) is 11.2. The Morgan fingerprint density at radius 1 is 1.12 bits per heavy atom. The molecule has 0 unspecified atom stereocenters. The Morgan fingerprint density at radius 2 is 1.53 bits per heavy atom. The van der Waals surface area contributed by atoms with Gasteiger partial charge in [0.15, 0.2) is 0 Å². The van der Waals surface area contributed by atoms with Gasteiger partial charge in [0.25, 0.3) is 0 Å². The molecule has 0 bridgehead atoms. The predicted octanol–water partition coefficient (Wildman–Crippen LogP) is 4.69. The van der Waals surface area contributed by atoms with Crippen LogP contribution in [0.1, 0.15) is 41.5 Å². The van der Waals surface area contributed by atoms with Crippen LogP contribution in [0.25, 0.3) is 0 Å². The van der Waals surface area contributed by atoms with Crippen LogP contribution in [-0.4, -0.2) is 18.0 Å². The molecule has 0 saturated heterocycles. The Kier molecular flexibility index (Phi) is 8.61. The van der Waals surface area contributed by atoms with Crippen LogP contribution in [0.3, 0.4) is 0 Å². The molecule has 0 spiro atoms. The SMILES string of the molecule is CC(C)[C@H]1N=[C-]OC1(C(C)C)C(C)C.[Br][Ni+][Br]. The average molecular weight is 415 g/mol. The summed E-state index contributed by atoms with van der Waals surface area (Å²) in [5.74, 6) is 1.44. The molecule has 0 aromatic rings. The second-order valence-electron chi connectivity index (χ2n) is 5.22. The fourth-order valence-electron chi connectivity index (χ4n) is 2.58. The van der Waals surface area contributed by atoms with Crippen LogP contribution in [0.5, 0.6) is 0 Å². The van der Waals surface area contributed by atoms with Crippen LogP contribution in [0, 0.1) is 17.8 Å². The second-order valence-corrected chi connectivity index (χ2v) is 10.2. The normalized spacial score (nSPS) is 21.9. The first-order valence-electron chi connectivity index (χ1n) is 5.79. The van der Waals surface area contributed by atoms with Gasteiger partial charge in [-0.25, -0.2) is 6.40 Å². The van der Waals surface area contributed by atoms with Crippen LogP contribution in [0.15, 0.2) is 4.99 Å². The van der Waals surface area contributed by atoms with E-state index >= 15 is 0 Å². The third kappa shape index (κ3) is 4.21. The summed E-state index contributed by atoms with van der Waals surface area (Å²) < 4.78 is 5.72. The number of ether oxygens (including phenoxy) is 1. The van der Waals surface area contributed by atoms with Gasteiger partial charge in [-0.1, -0.05) is 41.5 Å². The van der Waals surface area contributed by atoms with Gasteiger partial charge >= 0.3 is 39.3 Å². The molecule has 0 radical (unpaired) electrons. The van der Waals surface area contributed by atoms with Crippen LogP contribution >= 0.6 is 28.5 Å². The molecule has 0 amide bonds. The fraction of sp³-hybridized carbons (Fsp3) is 0.917. The second kappa shape index (κ2) is 8.17. The molecule has 0 aliphatic carbocycles. The van der Waals surface area contributed by atoms with Crippen molar-refractivity contribution in [2.75, 3.05) is 0 Å². The van der Waals surface area contributed by atoms with Gasteiger partial charge in [0.1, 0.15) is 0 Å². The van der Waals surface area contributed by atoms with Gasteiger partial charge in [-0.2, -0.15) is 0 Å². The summed E-state index contributed by atoms with van der Waals surface area (Å²) in [5.41, 5.74) is -0.145. The molecule has 0 aromatic carbocycles. The topological polar surface area (TPSA) is 21.6 Å². The molecule has 2 nitrogen and oxygen atoms in total. The van der Waals surface area contributed by atoms with Crippen molar-refractivity contribution < 1.29 is 15.6 Å². The van der Waals surface area contributed by atoms with Crippen molar-refractivity contribution in [2.45, 2.75) is 53.2 Å². The quantitative estimate of drug-likeness (QED) is 0.485. The molecule has 0 aromatic heterocycles. The summed E-state index contributed by atoms with van der Waals surface area (Å²) in [6.07, 6.45) is 2.73. The summed E-state index contributed by atoms with van der Waals surface area (Å²) in [6.45, 7) is 13.2. The minimum atomic E-state index is -0.145. The van der Waals surface area contributed by atoms with Gasteiger partial charge in [-0.05, 0) is 17.8 Å².